The Morgan fingerprint density at radius 1 is 1.43 bits per heavy atom. The molecule has 1 unspecified atom stereocenters. The number of nitrogens with two attached hydrogens (primary N) is 1. The van der Waals surface area contributed by atoms with Gasteiger partial charge in [-0.25, -0.2) is 8.42 Å². The first-order chi connectivity index (χ1) is 10.00. The van der Waals surface area contributed by atoms with Crippen LogP contribution in [0.5, 0.6) is 5.75 Å². The van der Waals surface area contributed by atoms with Crippen LogP contribution < -0.4 is 15.8 Å². The molecule has 0 fully saturated rings. The van der Waals surface area contributed by atoms with Gasteiger partial charge in [0, 0.05) is 23.6 Å². The topological polar surface area (TPSA) is 114 Å². The van der Waals surface area contributed by atoms with Gasteiger partial charge >= 0.3 is 0 Å². The third kappa shape index (κ3) is 4.47. The van der Waals surface area contributed by atoms with E-state index in [4.69, 9.17) is 15.7 Å². The van der Waals surface area contributed by atoms with Gasteiger partial charge in [0.2, 0.25) is 0 Å². The van der Waals surface area contributed by atoms with Crippen LogP contribution in [-0.2, 0) is 9.84 Å². The molecule has 1 aliphatic heterocycles. The molecule has 1 heterocycles. The van der Waals surface area contributed by atoms with E-state index in [1.165, 1.54) is 5.41 Å². The van der Waals surface area contributed by atoms with Crippen LogP contribution >= 0.6 is 0 Å². The molecule has 4 N–H and O–H groups in total. The highest BCUT2D eigenvalue weighted by Crippen LogP contribution is 2.12. The summed E-state index contributed by atoms with van der Waals surface area (Å²) in [6.45, 7) is 0.944. The van der Waals surface area contributed by atoms with Gasteiger partial charge in [0.05, 0.1) is 5.75 Å². The maximum Gasteiger partial charge on any atom is 0.173 e. The van der Waals surface area contributed by atoms with Crippen LogP contribution in [0.1, 0.15) is 5.56 Å². The van der Waals surface area contributed by atoms with Crippen molar-refractivity contribution in [2.45, 2.75) is 6.04 Å². The number of amidine groups is 1. The first-order valence-electron chi connectivity index (χ1n) is 6.35. The summed E-state index contributed by atoms with van der Waals surface area (Å²) >= 11 is 0. The summed E-state index contributed by atoms with van der Waals surface area (Å²) < 4.78 is 27.9. The second-order valence-corrected chi connectivity index (χ2v) is 6.51. The van der Waals surface area contributed by atoms with Crippen LogP contribution in [0.25, 0.3) is 0 Å². The Labute approximate surface area is 123 Å². The number of nitrogens with zero attached hydrogens (tertiary/aromatic N) is 1. The highest BCUT2D eigenvalue weighted by atomic mass is 32.2. The summed E-state index contributed by atoms with van der Waals surface area (Å²) in [5.41, 5.74) is 6.05. The van der Waals surface area contributed by atoms with E-state index in [1.54, 1.807) is 30.3 Å². The third-order valence-electron chi connectivity index (χ3n) is 2.97. The second-order valence-electron chi connectivity index (χ2n) is 4.58. The molecule has 1 aromatic rings. The predicted octanol–water partition coefficient (Wildman–Crippen LogP) is 0.0602. The molecular weight excluding hydrogens is 294 g/mol. The molecular formula is C13H17N3O4S. The standard InChI is InChI=1S/C13H17N3O4S/c14-13(16-17)10-1-3-12(4-2-10)20-7-6-15-11-5-8-21(18,19)9-11/h1-5,8,11,15,17H,6-7,9H2,(H2,14,16). The van der Waals surface area contributed by atoms with Gasteiger partial charge < -0.3 is 21.0 Å². The van der Waals surface area contributed by atoms with Crippen molar-refractivity contribution in [2.24, 2.45) is 10.9 Å². The highest BCUT2D eigenvalue weighted by molar-refractivity contribution is 7.94. The summed E-state index contributed by atoms with van der Waals surface area (Å²) in [6.07, 6.45) is 1.64. The molecule has 0 saturated heterocycles. The lowest BCUT2D eigenvalue weighted by molar-refractivity contribution is 0.311. The van der Waals surface area contributed by atoms with Gasteiger partial charge in [-0.3, -0.25) is 0 Å². The van der Waals surface area contributed by atoms with Crippen molar-refractivity contribution in [3.8, 4) is 5.75 Å². The van der Waals surface area contributed by atoms with Gasteiger partial charge in [0.25, 0.3) is 0 Å². The Bertz CT molecular complexity index is 638. The number of sulfone groups is 1. The number of hydrogen-bond acceptors (Lipinski definition) is 6. The van der Waals surface area contributed by atoms with Crippen molar-refractivity contribution in [3.05, 3.63) is 41.3 Å². The molecule has 2 rings (SSSR count). The Morgan fingerprint density at radius 3 is 2.71 bits per heavy atom. The van der Waals surface area contributed by atoms with E-state index in [0.717, 1.165) is 0 Å². The fraction of sp³-hybridized carbons (Fsp3) is 0.308. The van der Waals surface area contributed by atoms with Crippen molar-refractivity contribution < 1.29 is 18.4 Å². The smallest absolute Gasteiger partial charge is 0.173 e. The van der Waals surface area contributed by atoms with Gasteiger partial charge in [0.15, 0.2) is 15.7 Å². The maximum atomic E-state index is 11.2. The Balaban J connectivity index is 1.73. The highest BCUT2D eigenvalue weighted by Gasteiger charge is 2.20. The molecule has 0 amide bonds. The SMILES string of the molecule is NC(=NO)c1ccc(OCCNC2C=CS(=O)(=O)C2)cc1. The number of oxime groups is 1. The van der Waals surface area contributed by atoms with E-state index >= 15 is 0 Å². The minimum Gasteiger partial charge on any atom is -0.492 e. The lowest BCUT2D eigenvalue weighted by atomic mass is 10.2. The molecule has 1 aromatic carbocycles. The van der Waals surface area contributed by atoms with Gasteiger partial charge in [-0.1, -0.05) is 11.2 Å². The maximum absolute atomic E-state index is 11.2. The Kier molecular flexibility index (Phi) is 4.81. The first-order valence-corrected chi connectivity index (χ1v) is 8.07. The van der Waals surface area contributed by atoms with Crippen LogP contribution in [-0.4, -0.2) is 44.4 Å². The van der Waals surface area contributed by atoms with Gasteiger partial charge in [0.1, 0.15) is 12.4 Å². The zero-order valence-electron chi connectivity index (χ0n) is 11.3. The van der Waals surface area contributed by atoms with Crippen LogP contribution in [0.2, 0.25) is 0 Å². The molecule has 7 nitrogen and oxygen atoms in total. The van der Waals surface area contributed by atoms with Crippen molar-refractivity contribution in [3.63, 3.8) is 0 Å². The largest absolute Gasteiger partial charge is 0.492 e. The van der Waals surface area contributed by atoms with Crippen molar-refractivity contribution in [2.75, 3.05) is 18.9 Å². The zero-order valence-corrected chi connectivity index (χ0v) is 12.1. The molecule has 0 spiro atoms. The molecule has 1 atom stereocenters. The summed E-state index contributed by atoms with van der Waals surface area (Å²) in [5, 5.41) is 15.8. The van der Waals surface area contributed by atoms with Crippen molar-refractivity contribution in [1.29, 1.82) is 0 Å². The Morgan fingerprint density at radius 2 is 2.14 bits per heavy atom. The number of ether oxygens (including phenoxy) is 1. The molecule has 0 aliphatic carbocycles. The number of rotatable bonds is 6. The molecule has 8 heteroatoms. The summed E-state index contributed by atoms with van der Waals surface area (Å²) in [6, 6.07) is 6.65. The van der Waals surface area contributed by atoms with E-state index in [1.807, 2.05) is 0 Å². The number of hydrogen-bond donors (Lipinski definition) is 3. The molecule has 0 radical (unpaired) electrons. The summed E-state index contributed by atoms with van der Waals surface area (Å²) in [7, 11) is -3.03. The monoisotopic (exact) mass is 311 g/mol. The van der Waals surface area contributed by atoms with E-state index in [2.05, 4.69) is 10.5 Å². The first kappa shape index (κ1) is 15.3. The van der Waals surface area contributed by atoms with Crippen LogP contribution in [0.15, 0.2) is 40.9 Å². The Hall–Kier alpha value is -2.06. The average Bonchev–Trinajstić information content (AvgIpc) is 2.83. The van der Waals surface area contributed by atoms with E-state index in [0.29, 0.717) is 24.5 Å². The van der Waals surface area contributed by atoms with Crippen LogP contribution in [0.3, 0.4) is 0 Å². The quantitative estimate of drug-likeness (QED) is 0.225. The fourth-order valence-electron chi connectivity index (χ4n) is 1.90. The molecule has 21 heavy (non-hydrogen) atoms. The summed E-state index contributed by atoms with van der Waals surface area (Å²) in [4.78, 5) is 0. The molecule has 114 valence electrons. The van der Waals surface area contributed by atoms with E-state index < -0.39 is 9.84 Å². The number of benzene rings is 1. The van der Waals surface area contributed by atoms with Crippen LogP contribution in [0, 0.1) is 0 Å². The second kappa shape index (κ2) is 6.59. The average molecular weight is 311 g/mol. The van der Waals surface area contributed by atoms with Gasteiger partial charge in [-0.05, 0) is 24.3 Å². The molecule has 0 aromatic heterocycles. The molecule has 0 saturated carbocycles. The fourth-order valence-corrected chi connectivity index (χ4v) is 3.17. The lowest BCUT2D eigenvalue weighted by Crippen LogP contribution is -2.33. The number of nitrogens with one attached hydrogen (secondary N) is 1. The van der Waals surface area contributed by atoms with Crippen molar-refractivity contribution >= 4 is 15.7 Å². The molecule has 0 bridgehead atoms. The summed E-state index contributed by atoms with van der Waals surface area (Å²) in [5.74, 6) is 0.792. The van der Waals surface area contributed by atoms with E-state index in [-0.39, 0.29) is 17.6 Å². The zero-order chi connectivity index (χ0) is 15.3. The van der Waals surface area contributed by atoms with Crippen LogP contribution in [0.4, 0.5) is 0 Å². The normalized spacial score (nSPS) is 20.6. The van der Waals surface area contributed by atoms with Gasteiger partial charge in [-0.2, -0.15) is 0 Å². The third-order valence-corrected chi connectivity index (χ3v) is 4.36. The van der Waals surface area contributed by atoms with E-state index in [9.17, 15) is 8.42 Å². The molecule has 1 aliphatic rings. The van der Waals surface area contributed by atoms with Gasteiger partial charge in [-0.15, -0.1) is 0 Å². The minimum atomic E-state index is -3.03. The van der Waals surface area contributed by atoms with Crippen molar-refractivity contribution in [1.82, 2.24) is 5.32 Å². The predicted molar refractivity (Wildman–Crippen MR) is 79.2 cm³/mol. The lowest BCUT2D eigenvalue weighted by Gasteiger charge is -2.11. The minimum absolute atomic E-state index is 0.0393.